The maximum atomic E-state index is 5.76. The van der Waals surface area contributed by atoms with Crippen LogP contribution in [-0.4, -0.2) is 18.1 Å². The number of ether oxygens (including phenoxy) is 1. The second kappa shape index (κ2) is 7.06. The molecule has 0 saturated heterocycles. The van der Waals surface area contributed by atoms with Gasteiger partial charge in [0.05, 0.1) is 6.10 Å². The average molecular weight is 270 g/mol. The zero-order chi connectivity index (χ0) is 14.4. The van der Waals surface area contributed by atoms with E-state index in [2.05, 4.69) is 34.6 Å². The van der Waals surface area contributed by atoms with Crippen LogP contribution in [0.2, 0.25) is 0 Å². The van der Waals surface area contributed by atoms with E-state index in [-0.39, 0.29) is 12.1 Å². The monoisotopic (exact) mass is 270 g/mol. The highest BCUT2D eigenvalue weighted by atomic mass is 16.5. The van der Waals surface area contributed by atoms with Crippen molar-refractivity contribution in [1.29, 1.82) is 0 Å². The van der Waals surface area contributed by atoms with Gasteiger partial charge >= 0.3 is 0 Å². The first-order valence-corrected chi connectivity index (χ1v) is 7.02. The lowest BCUT2D eigenvalue weighted by Crippen LogP contribution is -2.19. The number of hydrogen-bond donors (Lipinski definition) is 1. The van der Waals surface area contributed by atoms with Crippen molar-refractivity contribution in [3.63, 3.8) is 0 Å². The predicted octanol–water partition coefficient (Wildman–Crippen LogP) is 3.37. The van der Waals surface area contributed by atoms with Gasteiger partial charge in [0.15, 0.2) is 0 Å². The molecule has 3 heteroatoms. The van der Waals surface area contributed by atoms with E-state index in [1.807, 2.05) is 45.4 Å². The van der Waals surface area contributed by atoms with Crippen LogP contribution < -0.4 is 10.1 Å². The number of pyridine rings is 1. The Labute approximate surface area is 121 Å². The third kappa shape index (κ3) is 4.07. The van der Waals surface area contributed by atoms with Crippen LogP contribution in [0.25, 0.3) is 0 Å². The van der Waals surface area contributed by atoms with Gasteiger partial charge in [-0.2, -0.15) is 0 Å². The minimum absolute atomic E-state index is 0.193. The van der Waals surface area contributed by atoms with Crippen LogP contribution in [0.5, 0.6) is 5.75 Å². The molecule has 0 aliphatic carbocycles. The van der Waals surface area contributed by atoms with Crippen LogP contribution in [0.4, 0.5) is 0 Å². The van der Waals surface area contributed by atoms with Gasteiger partial charge in [0.1, 0.15) is 5.75 Å². The first-order valence-electron chi connectivity index (χ1n) is 7.02. The highest BCUT2D eigenvalue weighted by Gasteiger charge is 2.11. The second-order valence-corrected chi connectivity index (χ2v) is 5.14. The highest BCUT2D eigenvalue weighted by Crippen LogP contribution is 2.22. The van der Waals surface area contributed by atoms with Crippen molar-refractivity contribution in [2.75, 3.05) is 7.05 Å². The van der Waals surface area contributed by atoms with Gasteiger partial charge in [-0.3, -0.25) is 4.98 Å². The standard InChI is InChI=1S/C17H22N2O/c1-13(2)20-16-6-4-5-15(12-16)17(18-3)11-14-7-9-19-10-8-14/h4-10,12-13,17-18H,11H2,1-3H3. The molecule has 1 N–H and O–H groups in total. The lowest BCUT2D eigenvalue weighted by atomic mass is 9.99. The van der Waals surface area contributed by atoms with Crippen LogP contribution in [0.3, 0.4) is 0 Å². The Balaban J connectivity index is 2.15. The summed E-state index contributed by atoms with van der Waals surface area (Å²) in [7, 11) is 1.99. The molecular weight excluding hydrogens is 248 g/mol. The first-order chi connectivity index (χ1) is 9.69. The van der Waals surface area contributed by atoms with E-state index in [4.69, 9.17) is 4.74 Å². The molecule has 1 unspecified atom stereocenters. The number of likely N-dealkylation sites (N-methyl/N-ethyl adjacent to an activating group) is 1. The summed E-state index contributed by atoms with van der Waals surface area (Å²) in [4.78, 5) is 4.06. The largest absolute Gasteiger partial charge is 0.491 e. The van der Waals surface area contributed by atoms with Crippen LogP contribution in [0, 0.1) is 0 Å². The molecule has 1 atom stereocenters. The summed E-state index contributed by atoms with van der Waals surface area (Å²) in [5.41, 5.74) is 2.51. The Bertz CT molecular complexity index is 526. The number of nitrogens with one attached hydrogen (secondary N) is 1. The third-order valence-corrected chi connectivity index (χ3v) is 3.17. The van der Waals surface area contributed by atoms with Gasteiger partial charge in [-0.1, -0.05) is 12.1 Å². The molecule has 106 valence electrons. The molecular formula is C17H22N2O. The van der Waals surface area contributed by atoms with E-state index < -0.39 is 0 Å². The average Bonchev–Trinajstić information content (AvgIpc) is 2.45. The van der Waals surface area contributed by atoms with E-state index in [1.54, 1.807) is 0 Å². The number of aromatic nitrogens is 1. The lowest BCUT2D eigenvalue weighted by molar-refractivity contribution is 0.242. The molecule has 0 fully saturated rings. The van der Waals surface area contributed by atoms with Crippen LogP contribution in [0.1, 0.15) is 31.0 Å². The Kier molecular flexibility index (Phi) is 5.13. The summed E-state index contributed by atoms with van der Waals surface area (Å²) in [6.45, 7) is 4.08. The van der Waals surface area contributed by atoms with Crippen molar-refractivity contribution in [1.82, 2.24) is 10.3 Å². The first kappa shape index (κ1) is 14.5. The van der Waals surface area contributed by atoms with Gasteiger partial charge in [0.25, 0.3) is 0 Å². The third-order valence-electron chi connectivity index (χ3n) is 3.17. The summed E-state index contributed by atoms with van der Waals surface area (Å²) in [5, 5.41) is 3.37. The molecule has 0 bridgehead atoms. The van der Waals surface area contributed by atoms with E-state index in [0.717, 1.165) is 12.2 Å². The van der Waals surface area contributed by atoms with E-state index >= 15 is 0 Å². The maximum absolute atomic E-state index is 5.76. The Hall–Kier alpha value is -1.87. The zero-order valence-electron chi connectivity index (χ0n) is 12.3. The summed E-state index contributed by atoms with van der Waals surface area (Å²) in [6, 6.07) is 12.7. The van der Waals surface area contributed by atoms with Crippen molar-refractivity contribution < 1.29 is 4.74 Å². The van der Waals surface area contributed by atoms with Gasteiger partial charge in [-0.05, 0) is 62.7 Å². The van der Waals surface area contributed by atoms with Gasteiger partial charge in [-0.25, -0.2) is 0 Å². The highest BCUT2D eigenvalue weighted by molar-refractivity contribution is 5.32. The van der Waals surface area contributed by atoms with Gasteiger partial charge < -0.3 is 10.1 Å². The fourth-order valence-electron chi connectivity index (χ4n) is 2.22. The second-order valence-electron chi connectivity index (χ2n) is 5.14. The van der Waals surface area contributed by atoms with Crippen molar-refractivity contribution in [2.24, 2.45) is 0 Å². The minimum Gasteiger partial charge on any atom is -0.491 e. The smallest absolute Gasteiger partial charge is 0.120 e. The SMILES string of the molecule is CNC(Cc1ccncc1)c1cccc(OC(C)C)c1. The summed E-state index contributed by atoms with van der Waals surface area (Å²) >= 11 is 0. The Morgan fingerprint density at radius 1 is 1.15 bits per heavy atom. The molecule has 2 aromatic rings. The molecule has 0 aliphatic rings. The summed E-state index contributed by atoms with van der Waals surface area (Å²) < 4.78 is 5.76. The van der Waals surface area contributed by atoms with Crippen LogP contribution in [-0.2, 0) is 6.42 Å². The molecule has 0 spiro atoms. The molecule has 0 amide bonds. The van der Waals surface area contributed by atoms with Gasteiger partial charge in [0, 0.05) is 18.4 Å². The van der Waals surface area contributed by atoms with Crippen molar-refractivity contribution in [2.45, 2.75) is 32.4 Å². The Morgan fingerprint density at radius 3 is 2.55 bits per heavy atom. The molecule has 0 aliphatic heterocycles. The molecule has 1 aromatic carbocycles. The Morgan fingerprint density at radius 2 is 1.90 bits per heavy atom. The molecule has 3 nitrogen and oxygen atoms in total. The molecule has 2 rings (SSSR count). The van der Waals surface area contributed by atoms with E-state index in [0.29, 0.717) is 0 Å². The van der Waals surface area contributed by atoms with Gasteiger partial charge in [-0.15, -0.1) is 0 Å². The molecule has 1 heterocycles. The normalized spacial score (nSPS) is 12.4. The summed E-state index contributed by atoms with van der Waals surface area (Å²) in [5.74, 6) is 0.924. The molecule has 20 heavy (non-hydrogen) atoms. The predicted molar refractivity (Wildman–Crippen MR) is 81.9 cm³/mol. The lowest BCUT2D eigenvalue weighted by Gasteiger charge is -2.18. The van der Waals surface area contributed by atoms with Crippen LogP contribution in [0.15, 0.2) is 48.8 Å². The number of rotatable bonds is 6. The summed E-state index contributed by atoms with van der Waals surface area (Å²) in [6.07, 6.45) is 4.80. The van der Waals surface area contributed by atoms with E-state index in [1.165, 1.54) is 11.1 Å². The fraction of sp³-hybridized carbons (Fsp3) is 0.353. The number of nitrogens with zero attached hydrogens (tertiary/aromatic N) is 1. The van der Waals surface area contributed by atoms with Crippen molar-refractivity contribution in [3.8, 4) is 5.75 Å². The van der Waals surface area contributed by atoms with Gasteiger partial charge in [0.2, 0.25) is 0 Å². The quantitative estimate of drug-likeness (QED) is 0.874. The molecule has 0 radical (unpaired) electrons. The van der Waals surface area contributed by atoms with Crippen molar-refractivity contribution >= 4 is 0 Å². The number of hydrogen-bond acceptors (Lipinski definition) is 3. The fourth-order valence-corrected chi connectivity index (χ4v) is 2.22. The van der Waals surface area contributed by atoms with Crippen LogP contribution >= 0.6 is 0 Å². The topological polar surface area (TPSA) is 34.2 Å². The van der Waals surface area contributed by atoms with E-state index in [9.17, 15) is 0 Å². The maximum Gasteiger partial charge on any atom is 0.120 e. The van der Waals surface area contributed by atoms with Crippen molar-refractivity contribution in [3.05, 3.63) is 59.9 Å². The minimum atomic E-state index is 0.193. The molecule has 0 saturated carbocycles. The zero-order valence-corrected chi connectivity index (χ0v) is 12.3. The number of benzene rings is 1. The molecule has 1 aromatic heterocycles.